The number of H-pyrrole nitrogens is 1. The van der Waals surface area contributed by atoms with Crippen molar-refractivity contribution in [1.82, 2.24) is 10.2 Å². The summed E-state index contributed by atoms with van der Waals surface area (Å²) in [5.74, 6) is 1.01. The van der Waals surface area contributed by atoms with Crippen molar-refractivity contribution in [3.8, 4) is 0 Å². The Kier molecular flexibility index (Phi) is 5.09. The molecule has 0 aliphatic carbocycles. The molecule has 0 amide bonds. The van der Waals surface area contributed by atoms with Crippen molar-refractivity contribution in [3.05, 3.63) is 23.9 Å². The number of nitrogens with zero attached hydrogens (tertiary/aromatic N) is 1. The Morgan fingerprint density at radius 2 is 2.25 bits per heavy atom. The zero-order valence-corrected chi connectivity index (χ0v) is 10.6. The van der Waals surface area contributed by atoms with E-state index in [0.717, 1.165) is 31.5 Å². The molecule has 0 radical (unpaired) electrons. The average Bonchev–Trinajstić information content (AvgIpc) is 2.65. The molecule has 0 aromatic carbocycles. The quantitative estimate of drug-likeness (QED) is 0.692. The van der Waals surface area contributed by atoms with Crippen molar-refractivity contribution in [1.29, 1.82) is 0 Å². The molecule has 90 valence electrons. The van der Waals surface area contributed by atoms with Gasteiger partial charge in [0, 0.05) is 17.3 Å². The third-order valence-corrected chi connectivity index (χ3v) is 3.02. The first-order chi connectivity index (χ1) is 7.72. The summed E-state index contributed by atoms with van der Waals surface area (Å²) in [6.45, 7) is 10.2. The lowest BCUT2D eigenvalue weighted by Gasteiger charge is -2.16. The molecule has 2 N–H and O–H groups in total. The maximum absolute atomic E-state index is 4.32. The molecule has 1 rings (SSSR count). The van der Waals surface area contributed by atoms with Gasteiger partial charge in [-0.1, -0.05) is 19.9 Å². The summed E-state index contributed by atoms with van der Waals surface area (Å²) in [7, 11) is 0. The summed E-state index contributed by atoms with van der Waals surface area (Å²) in [5, 5.41) is 10.9. The zero-order chi connectivity index (χ0) is 12.0. The molecule has 3 heteroatoms. The van der Waals surface area contributed by atoms with E-state index in [2.05, 4.69) is 42.9 Å². The van der Waals surface area contributed by atoms with E-state index in [0.29, 0.717) is 6.04 Å². The van der Waals surface area contributed by atoms with Gasteiger partial charge >= 0.3 is 0 Å². The Morgan fingerprint density at radius 1 is 1.50 bits per heavy atom. The molecule has 0 spiro atoms. The number of rotatable bonds is 7. The minimum atomic E-state index is 0.490. The monoisotopic (exact) mass is 221 g/mol. The lowest BCUT2D eigenvalue weighted by Crippen LogP contribution is -2.18. The standard InChI is InChI=1S/C13H23N3/c1-5-8-9-11(6-2)14-13-10(4)12(7-3)15-16-13/h5,11H,1,6-9H2,2-4H3,(H2,14,15,16). The minimum Gasteiger partial charge on any atom is -0.366 e. The van der Waals surface area contributed by atoms with E-state index in [1.165, 1.54) is 11.3 Å². The summed E-state index contributed by atoms with van der Waals surface area (Å²) in [5.41, 5.74) is 2.47. The van der Waals surface area contributed by atoms with E-state index in [4.69, 9.17) is 0 Å². The van der Waals surface area contributed by atoms with Crippen LogP contribution in [0.1, 0.15) is 44.4 Å². The first kappa shape index (κ1) is 12.8. The summed E-state index contributed by atoms with van der Waals surface area (Å²) < 4.78 is 0. The van der Waals surface area contributed by atoms with Gasteiger partial charge in [-0.15, -0.1) is 6.58 Å². The van der Waals surface area contributed by atoms with Gasteiger partial charge in [0.05, 0.1) is 0 Å². The third-order valence-electron chi connectivity index (χ3n) is 3.02. The molecule has 1 heterocycles. The van der Waals surface area contributed by atoms with E-state index in [1.54, 1.807) is 0 Å². The molecular formula is C13H23N3. The molecule has 1 atom stereocenters. The van der Waals surface area contributed by atoms with Crippen LogP contribution in [0, 0.1) is 6.92 Å². The predicted octanol–water partition coefficient (Wildman–Crippen LogP) is 3.44. The minimum absolute atomic E-state index is 0.490. The molecule has 0 aliphatic rings. The SMILES string of the molecule is C=CCCC(CC)Nc1n[nH]c(CC)c1C. The Balaban J connectivity index is 2.62. The molecule has 0 aliphatic heterocycles. The number of allylic oxidation sites excluding steroid dienone is 1. The number of aromatic amines is 1. The Bertz CT molecular complexity index is 328. The Labute approximate surface area is 98.3 Å². The van der Waals surface area contributed by atoms with Crippen LogP contribution in [-0.2, 0) is 6.42 Å². The van der Waals surface area contributed by atoms with Crippen LogP contribution in [0.2, 0.25) is 0 Å². The van der Waals surface area contributed by atoms with Gasteiger partial charge < -0.3 is 5.32 Å². The third kappa shape index (κ3) is 3.12. The van der Waals surface area contributed by atoms with Crippen LogP contribution in [0.25, 0.3) is 0 Å². The lowest BCUT2D eigenvalue weighted by molar-refractivity contribution is 0.638. The normalized spacial score (nSPS) is 12.4. The fourth-order valence-electron chi connectivity index (χ4n) is 1.81. The highest BCUT2D eigenvalue weighted by atomic mass is 15.2. The summed E-state index contributed by atoms with van der Waals surface area (Å²) in [6.07, 6.45) is 6.26. The highest BCUT2D eigenvalue weighted by Crippen LogP contribution is 2.18. The van der Waals surface area contributed by atoms with Crippen LogP contribution >= 0.6 is 0 Å². The first-order valence-electron chi connectivity index (χ1n) is 6.14. The molecule has 0 bridgehead atoms. The highest BCUT2D eigenvalue weighted by Gasteiger charge is 2.11. The summed E-state index contributed by atoms with van der Waals surface area (Å²) in [4.78, 5) is 0. The molecule has 16 heavy (non-hydrogen) atoms. The van der Waals surface area contributed by atoms with Gasteiger partial charge in [0.1, 0.15) is 0 Å². The van der Waals surface area contributed by atoms with Crippen LogP contribution in [0.4, 0.5) is 5.82 Å². The topological polar surface area (TPSA) is 40.7 Å². The van der Waals surface area contributed by atoms with Crippen LogP contribution in [0.5, 0.6) is 0 Å². The molecule has 1 aromatic heterocycles. The average molecular weight is 221 g/mol. The number of aryl methyl sites for hydroxylation is 1. The molecular weight excluding hydrogens is 198 g/mol. The lowest BCUT2D eigenvalue weighted by atomic mass is 10.1. The largest absolute Gasteiger partial charge is 0.366 e. The Hall–Kier alpha value is -1.25. The maximum Gasteiger partial charge on any atom is 0.151 e. The molecule has 0 fully saturated rings. The predicted molar refractivity (Wildman–Crippen MR) is 69.8 cm³/mol. The van der Waals surface area contributed by atoms with Crippen molar-refractivity contribution in [2.45, 2.75) is 52.5 Å². The molecule has 1 aromatic rings. The number of hydrogen-bond donors (Lipinski definition) is 2. The molecule has 0 saturated heterocycles. The smallest absolute Gasteiger partial charge is 0.151 e. The molecule has 3 nitrogen and oxygen atoms in total. The van der Waals surface area contributed by atoms with Crippen molar-refractivity contribution in [2.75, 3.05) is 5.32 Å². The fraction of sp³-hybridized carbons (Fsp3) is 0.615. The van der Waals surface area contributed by atoms with Gasteiger partial charge in [-0.05, 0) is 32.6 Å². The number of hydrogen-bond acceptors (Lipinski definition) is 2. The van der Waals surface area contributed by atoms with Gasteiger partial charge in [-0.25, -0.2) is 0 Å². The van der Waals surface area contributed by atoms with E-state index in [9.17, 15) is 0 Å². The second-order valence-corrected chi connectivity index (χ2v) is 4.14. The van der Waals surface area contributed by atoms with Crippen LogP contribution in [0.15, 0.2) is 12.7 Å². The van der Waals surface area contributed by atoms with E-state index < -0.39 is 0 Å². The fourth-order valence-corrected chi connectivity index (χ4v) is 1.81. The van der Waals surface area contributed by atoms with Gasteiger partial charge in [0.2, 0.25) is 0 Å². The number of anilines is 1. The van der Waals surface area contributed by atoms with E-state index in [1.807, 2.05) is 6.08 Å². The van der Waals surface area contributed by atoms with Gasteiger partial charge in [-0.3, -0.25) is 5.10 Å². The van der Waals surface area contributed by atoms with E-state index in [-0.39, 0.29) is 0 Å². The van der Waals surface area contributed by atoms with Gasteiger partial charge in [-0.2, -0.15) is 5.10 Å². The molecule has 0 saturated carbocycles. The van der Waals surface area contributed by atoms with Crippen molar-refractivity contribution >= 4 is 5.82 Å². The Morgan fingerprint density at radius 3 is 2.75 bits per heavy atom. The highest BCUT2D eigenvalue weighted by molar-refractivity contribution is 5.46. The van der Waals surface area contributed by atoms with Gasteiger partial charge in [0.15, 0.2) is 5.82 Å². The zero-order valence-electron chi connectivity index (χ0n) is 10.6. The molecule has 1 unspecified atom stereocenters. The summed E-state index contributed by atoms with van der Waals surface area (Å²) >= 11 is 0. The van der Waals surface area contributed by atoms with Crippen LogP contribution in [0.3, 0.4) is 0 Å². The first-order valence-corrected chi connectivity index (χ1v) is 6.14. The van der Waals surface area contributed by atoms with Crippen LogP contribution < -0.4 is 5.32 Å². The second-order valence-electron chi connectivity index (χ2n) is 4.14. The van der Waals surface area contributed by atoms with Gasteiger partial charge in [0.25, 0.3) is 0 Å². The van der Waals surface area contributed by atoms with Crippen molar-refractivity contribution < 1.29 is 0 Å². The summed E-state index contributed by atoms with van der Waals surface area (Å²) in [6, 6.07) is 0.490. The maximum atomic E-state index is 4.32. The van der Waals surface area contributed by atoms with Crippen molar-refractivity contribution in [3.63, 3.8) is 0 Å². The van der Waals surface area contributed by atoms with E-state index >= 15 is 0 Å². The number of aromatic nitrogens is 2. The second kappa shape index (κ2) is 6.36. The number of nitrogens with one attached hydrogen (secondary N) is 2. The van der Waals surface area contributed by atoms with Crippen LogP contribution in [-0.4, -0.2) is 16.2 Å². The van der Waals surface area contributed by atoms with Crippen molar-refractivity contribution in [2.24, 2.45) is 0 Å².